The second-order valence-electron chi connectivity index (χ2n) is 7.41. The normalized spacial score (nSPS) is 14.8. The maximum atomic E-state index is 12.8. The van der Waals surface area contributed by atoms with Gasteiger partial charge < -0.3 is 14.8 Å². The highest BCUT2D eigenvalue weighted by molar-refractivity contribution is 5.77. The number of fused-ring (bicyclic) bond motifs is 1. The highest BCUT2D eigenvalue weighted by Crippen LogP contribution is 2.20. The standard InChI is InChI=1S/C22H25N5O2/c1-16-15-23-10-9-20(16)26-11-4-12-27(14-13-26)21(28)8-7-19-22(29)25-18-6-3-2-5-17(18)24-19/h2-3,5-6,9-10,15H,4,7-8,11-14H2,1H3,(H,25,29). The number of hydrogen-bond acceptors (Lipinski definition) is 5. The summed E-state index contributed by atoms with van der Waals surface area (Å²) in [4.78, 5) is 40.7. The number of amides is 1. The van der Waals surface area contributed by atoms with Crippen molar-refractivity contribution in [1.29, 1.82) is 0 Å². The van der Waals surface area contributed by atoms with Crippen molar-refractivity contribution in [3.63, 3.8) is 0 Å². The molecule has 3 heterocycles. The van der Waals surface area contributed by atoms with Gasteiger partial charge in [-0.25, -0.2) is 4.98 Å². The van der Waals surface area contributed by atoms with Gasteiger partial charge in [-0.15, -0.1) is 0 Å². The number of anilines is 1. The molecule has 1 aliphatic heterocycles. The van der Waals surface area contributed by atoms with Crippen LogP contribution in [0.3, 0.4) is 0 Å². The first-order valence-electron chi connectivity index (χ1n) is 10.0. The summed E-state index contributed by atoms with van der Waals surface area (Å²) < 4.78 is 0. The lowest BCUT2D eigenvalue weighted by Gasteiger charge is -2.25. The second kappa shape index (κ2) is 8.43. The Morgan fingerprint density at radius 2 is 2.00 bits per heavy atom. The zero-order valence-corrected chi connectivity index (χ0v) is 16.6. The molecule has 0 saturated carbocycles. The summed E-state index contributed by atoms with van der Waals surface area (Å²) in [6.45, 7) is 5.19. The number of aryl methyl sites for hydroxylation is 2. The fraction of sp³-hybridized carbons (Fsp3) is 0.364. The van der Waals surface area contributed by atoms with Crippen LogP contribution in [0.4, 0.5) is 5.69 Å². The summed E-state index contributed by atoms with van der Waals surface area (Å²) in [7, 11) is 0. The maximum Gasteiger partial charge on any atom is 0.270 e. The first-order valence-corrected chi connectivity index (χ1v) is 10.0. The SMILES string of the molecule is Cc1cnccc1N1CCCN(C(=O)CCc2nc3ccccc3[nH]c2=O)CC1. The molecule has 0 radical (unpaired) electrons. The Balaban J connectivity index is 1.39. The molecule has 0 aliphatic carbocycles. The molecule has 1 aromatic carbocycles. The Labute approximate surface area is 169 Å². The zero-order valence-electron chi connectivity index (χ0n) is 16.6. The smallest absolute Gasteiger partial charge is 0.270 e. The number of nitrogens with zero attached hydrogens (tertiary/aromatic N) is 4. The molecule has 1 fully saturated rings. The summed E-state index contributed by atoms with van der Waals surface area (Å²) in [5, 5.41) is 0. The third-order valence-corrected chi connectivity index (χ3v) is 5.43. The van der Waals surface area contributed by atoms with E-state index in [4.69, 9.17) is 0 Å². The van der Waals surface area contributed by atoms with Crippen molar-refractivity contribution < 1.29 is 4.79 Å². The Bertz CT molecular complexity index is 1080. The molecule has 3 aromatic rings. The van der Waals surface area contributed by atoms with E-state index in [2.05, 4.69) is 26.8 Å². The number of para-hydroxylation sites is 2. The predicted molar refractivity (Wildman–Crippen MR) is 113 cm³/mol. The highest BCUT2D eigenvalue weighted by Gasteiger charge is 2.20. The van der Waals surface area contributed by atoms with Gasteiger partial charge in [0.1, 0.15) is 5.69 Å². The molecule has 1 N–H and O–H groups in total. The molecule has 1 amide bonds. The van der Waals surface area contributed by atoms with Crippen molar-refractivity contribution in [2.45, 2.75) is 26.2 Å². The minimum absolute atomic E-state index is 0.0765. The van der Waals surface area contributed by atoms with Gasteiger partial charge in [-0.1, -0.05) is 12.1 Å². The molecule has 4 rings (SSSR count). The molecule has 2 aromatic heterocycles. The van der Waals surface area contributed by atoms with Gasteiger partial charge in [0.25, 0.3) is 5.56 Å². The van der Waals surface area contributed by atoms with E-state index in [0.717, 1.165) is 37.1 Å². The van der Waals surface area contributed by atoms with E-state index in [1.807, 2.05) is 47.6 Å². The Morgan fingerprint density at radius 3 is 2.86 bits per heavy atom. The summed E-state index contributed by atoms with van der Waals surface area (Å²) in [5.74, 6) is 0.0765. The first kappa shape index (κ1) is 19.1. The van der Waals surface area contributed by atoms with Crippen LogP contribution in [0, 0.1) is 6.92 Å². The van der Waals surface area contributed by atoms with E-state index in [-0.39, 0.29) is 11.5 Å². The summed E-state index contributed by atoms with van der Waals surface area (Å²) in [5.41, 5.74) is 3.99. The van der Waals surface area contributed by atoms with Crippen LogP contribution in [-0.2, 0) is 11.2 Å². The number of benzene rings is 1. The van der Waals surface area contributed by atoms with Crippen molar-refractivity contribution in [2.75, 3.05) is 31.1 Å². The van der Waals surface area contributed by atoms with Crippen LogP contribution >= 0.6 is 0 Å². The Hall–Kier alpha value is -3.22. The lowest BCUT2D eigenvalue weighted by Crippen LogP contribution is -2.35. The van der Waals surface area contributed by atoms with Gasteiger partial charge in [-0.05, 0) is 37.1 Å². The van der Waals surface area contributed by atoms with Gasteiger partial charge >= 0.3 is 0 Å². The largest absolute Gasteiger partial charge is 0.369 e. The van der Waals surface area contributed by atoms with Crippen LogP contribution in [0.2, 0.25) is 0 Å². The van der Waals surface area contributed by atoms with E-state index in [1.54, 1.807) is 0 Å². The van der Waals surface area contributed by atoms with Crippen LogP contribution < -0.4 is 10.5 Å². The van der Waals surface area contributed by atoms with Gasteiger partial charge in [-0.3, -0.25) is 14.6 Å². The van der Waals surface area contributed by atoms with E-state index in [9.17, 15) is 9.59 Å². The van der Waals surface area contributed by atoms with Gasteiger partial charge in [0, 0.05) is 57.1 Å². The third-order valence-electron chi connectivity index (χ3n) is 5.43. The van der Waals surface area contributed by atoms with Crippen molar-refractivity contribution >= 4 is 22.6 Å². The van der Waals surface area contributed by atoms with Crippen molar-refractivity contribution in [3.8, 4) is 0 Å². The first-order chi connectivity index (χ1) is 14.1. The topological polar surface area (TPSA) is 82.2 Å². The minimum atomic E-state index is -0.216. The predicted octanol–water partition coefficient (Wildman–Crippen LogP) is 2.30. The van der Waals surface area contributed by atoms with Crippen molar-refractivity contribution in [1.82, 2.24) is 19.9 Å². The third kappa shape index (κ3) is 4.29. The van der Waals surface area contributed by atoms with E-state index < -0.39 is 0 Å². The van der Waals surface area contributed by atoms with Crippen LogP contribution in [0.25, 0.3) is 11.0 Å². The molecule has 0 atom stereocenters. The molecule has 0 unspecified atom stereocenters. The number of pyridine rings is 1. The minimum Gasteiger partial charge on any atom is -0.369 e. The molecule has 29 heavy (non-hydrogen) atoms. The van der Waals surface area contributed by atoms with Crippen molar-refractivity contribution in [3.05, 3.63) is 64.3 Å². The van der Waals surface area contributed by atoms with Crippen LogP contribution in [-0.4, -0.2) is 51.9 Å². The maximum absolute atomic E-state index is 12.8. The van der Waals surface area contributed by atoms with E-state index in [1.165, 1.54) is 5.69 Å². The molecule has 0 spiro atoms. The number of carbonyl (C=O) groups is 1. The second-order valence-corrected chi connectivity index (χ2v) is 7.41. The van der Waals surface area contributed by atoms with Crippen LogP contribution in [0.5, 0.6) is 0 Å². The molecular weight excluding hydrogens is 366 g/mol. The summed E-state index contributed by atoms with van der Waals surface area (Å²) in [6.07, 6.45) is 5.25. The molecule has 7 heteroatoms. The average molecular weight is 391 g/mol. The fourth-order valence-corrected chi connectivity index (χ4v) is 3.85. The number of aromatic nitrogens is 3. The Kier molecular flexibility index (Phi) is 5.55. The lowest BCUT2D eigenvalue weighted by atomic mass is 10.2. The fourth-order valence-electron chi connectivity index (χ4n) is 3.85. The van der Waals surface area contributed by atoms with Gasteiger partial charge in [0.05, 0.1) is 11.0 Å². The van der Waals surface area contributed by atoms with Crippen LogP contribution in [0.15, 0.2) is 47.5 Å². The Morgan fingerprint density at radius 1 is 1.14 bits per heavy atom. The molecule has 1 aliphatic rings. The molecule has 7 nitrogen and oxygen atoms in total. The van der Waals surface area contributed by atoms with Gasteiger partial charge in [0.15, 0.2) is 0 Å². The van der Waals surface area contributed by atoms with Crippen LogP contribution in [0.1, 0.15) is 24.1 Å². The number of nitrogens with one attached hydrogen (secondary N) is 1. The summed E-state index contributed by atoms with van der Waals surface area (Å²) >= 11 is 0. The van der Waals surface area contributed by atoms with Gasteiger partial charge in [-0.2, -0.15) is 0 Å². The summed E-state index contributed by atoms with van der Waals surface area (Å²) in [6, 6.07) is 9.47. The highest BCUT2D eigenvalue weighted by atomic mass is 16.2. The monoisotopic (exact) mass is 391 g/mol. The average Bonchev–Trinajstić information content (AvgIpc) is 2.98. The van der Waals surface area contributed by atoms with Gasteiger partial charge in [0.2, 0.25) is 5.91 Å². The number of H-pyrrole nitrogens is 1. The van der Waals surface area contributed by atoms with Crippen molar-refractivity contribution in [2.24, 2.45) is 0 Å². The molecule has 150 valence electrons. The number of hydrogen-bond donors (Lipinski definition) is 1. The number of rotatable bonds is 4. The molecule has 0 bridgehead atoms. The molecule has 1 saturated heterocycles. The van der Waals surface area contributed by atoms with E-state index >= 15 is 0 Å². The quantitative estimate of drug-likeness (QED) is 0.738. The molecular formula is C22H25N5O2. The zero-order chi connectivity index (χ0) is 20.2. The van der Waals surface area contributed by atoms with E-state index in [0.29, 0.717) is 30.6 Å². The lowest BCUT2D eigenvalue weighted by molar-refractivity contribution is -0.130. The number of aromatic amines is 1. The number of carbonyl (C=O) groups excluding carboxylic acids is 1.